The molecule has 0 saturated heterocycles. The van der Waals surface area contributed by atoms with Gasteiger partial charge in [0.25, 0.3) is 5.91 Å². The number of carboxylic acids is 1. The van der Waals surface area contributed by atoms with Crippen LogP contribution in [0.5, 0.6) is 0 Å². The molecule has 0 spiro atoms. The van der Waals surface area contributed by atoms with Crippen LogP contribution in [-0.2, 0) is 0 Å². The van der Waals surface area contributed by atoms with Gasteiger partial charge in [-0.25, -0.2) is 4.79 Å². The summed E-state index contributed by atoms with van der Waals surface area (Å²) in [7, 11) is 0. The van der Waals surface area contributed by atoms with Gasteiger partial charge >= 0.3 is 5.97 Å². The molecule has 3 rings (SSSR count). The van der Waals surface area contributed by atoms with Crippen molar-refractivity contribution < 1.29 is 14.7 Å². The molecule has 0 atom stereocenters. The number of hydrogen-bond donors (Lipinski definition) is 3. The van der Waals surface area contributed by atoms with Crippen LogP contribution in [0, 0.1) is 0 Å². The van der Waals surface area contributed by atoms with Crippen molar-refractivity contribution in [2.45, 2.75) is 31.7 Å². The van der Waals surface area contributed by atoms with Crippen LogP contribution in [0.2, 0.25) is 0 Å². The van der Waals surface area contributed by atoms with Crippen LogP contribution in [0.4, 0.5) is 11.4 Å². The van der Waals surface area contributed by atoms with Crippen LogP contribution in [0.1, 0.15) is 46.4 Å². The number of anilines is 2. The number of hydrogen-bond acceptors (Lipinski definition) is 3. The summed E-state index contributed by atoms with van der Waals surface area (Å²) >= 11 is 0. The van der Waals surface area contributed by atoms with Gasteiger partial charge in [-0.15, -0.1) is 0 Å². The first-order valence-corrected chi connectivity index (χ1v) is 8.14. The molecule has 0 unspecified atom stereocenters. The van der Waals surface area contributed by atoms with E-state index in [0.29, 0.717) is 11.6 Å². The maximum atomic E-state index is 12.4. The molecule has 1 aliphatic rings. The lowest BCUT2D eigenvalue weighted by Crippen LogP contribution is -2.18. The second kappa shape index (κ2) is 7.17. The van der Waals surface area contributed by atoms with E-state index in [1.54, 1.807) is 0 Å². The number of para-hydroxylation sites is 2. The smallest absolute Gasteiger partial charge is 0.335 e. The lowest BCUT2D eigenvalue weighted by atomic mass is 10.1. The molecule has 1 aliphatic carbocycles. The second-order valence-corrected chi connectivity index (χ2v) is 6.01. The van der Waals surface area contributed by atoms with Gasteiger partial charge in [0.1, 0.15) is 0 Å². The molecule has 0 heterocycles. The fourth-order valence-corrected chi connectivity index (χ4v) is 2.97. The number of benzene rings is 2. The van der Waals surface area contributed by atoms with Crippen LogP contribution in [0.3, 0.4) is 0 Å². The average molecular weight is 324 g/mol. The molecule has 1 saturated carbocycles. The van der Waals surface area contributed by atoms with Gasteiger partial charge in [-0.3, -0.25) is 4.79 Å². The standard InChI is InChI=1S/C19H20N2O3/c22-18(13-9-11-14(12-10-13)19(23)24)21-17-8-4-3-7-16(17)20-15-5-1-2-6-15/h3-4,7-12,15,20H,1-2,5-6H2,(H,21,22)(H,23,24). The Bertz CT molecular complexity index is 735. The fourth-order valence-electron chi connectivity index (χ4n) is 2.97. The van der Waals surface area contributed by atoms with Gasteiger partial charge in [0.05, 0.1) is 16.9 Å². The van der Waals surface area contributed by atoms with Gasteiger partial charge in [0, 0.05) is 11.6 Å². The summed E-state index contributed by atoms with van der Waals surface area (Å²) in [5.74, 6) is -1.26. The quantitative estimate of drug-likeness (QED) is 0.777. The number of carbonyl (C=O) groups is 2. The number of nitrogens with one attached hydrogen (secondary N) is 2. The van der Waals surface area contributed by atoms with E-state index in [0.717, 1.165) is 24.2 Å². The van der Waals surface area contributed by atoms with Gasteiger partial charge in [-0.05, 0) is 49.2 Å². The predicted octanol–water partition coefficient (Wildman–Crippen LogP) is 3.99. The molecule has 0 aromatic heterocycles. The van der Waals surface area contributed by atoms with E-state index < -0.39 is 5.97 Å². The highest BCUT2D eigenvalue weighted by Gasteiger charge is 2.16. The minimum absolute atomic E-state index is 0.162. The second-order valence-electron chi connectivity index (χ2n) is 6.01. The van der Waals surface area contributed by atoms with Crippen LogP contribution < -0.4 is 10.6 Å². The fraction of sp³-hybridized carbons (Fsp3) is 0.263. The first-order valence-electron chi connectivity index (χ1n) is 8.14. The maximum Gasteiger partial charge on any atom is 0.335 e. The zero-order valence-corrected chi connectivity index (χ0v) is 13.3. The number of carbonyl (C=O) groups excluding carboxylic acids is 1. The van der Waals surface area contributed by atoms with Crippen molar-refractivity contribution in [3.8, 4) is 0 Å². The Morgan fingerprint density at radius 1 is 0.875 bits per heavy atom. The molecule has 3 N–H and O–H groups in total. The van der Waals surface area contributed by atoms with E-state index in [4.69, 9.17) is 5.11 Å². The maximum absolute atomic E-state index is 12.4. The topological polar surface area (TPSA) is 78.4 Å². The summed E-state index contributed by atoms with van der Waals surface area (Å²) in [5, 5.41) is 15.3. The van der Waals surface area contributed by atoms with E-state index in [1.807, 2.05) is 24.3 Å². The SMILES string of the molecule is O=C(O)c1ccc(C(=O)Nc2ccccc2NC2CCCC2)cc1. The number of amides is 1. The molecule has 2 aromatic carbocycles. The Labute approximate surface area is 140 Å². The number of carboxylic acid groups (broad SMARTS) is 1. The monoisotopic (exact) mass is 324 g/mol. The Balaban J connectivity index is 1.72. The summed E-state index contributed by atoms with van der Waals surface area (Å²) in [5.41, 5.74) is 2.24. The molecule has 5 nitrogen and oxygen atoms in total. The van der Waals surface area contributed by atoms with E-state index in [9.17, 15) is 9.59 Å². The minimum atomic E-state index is -1.01. The lowest BCUT2D eigenvalue weighted by molar-refractivity contribution is 0.0696. The van der Waals surface area contributed by atoms with Crippen molar-refractivity contribution in [3.63, 3.8) is 0 Å². The first kappa shape index (κ1) is 16.1. The summed E-state index contributed by atoms with van der Waals surface area (Å²) in [6, 6.07) is 14.0. The van der Waals surface area contributed by atoms with Gasteiger partial charge in [0.2, 0.25) is 0 Å². The van der Waals surface area contributed by atoms with Crippen molar-refractivity contribution in [1.29, 1.82) is 0 Å². The van der Waals surface area contributed by atoms with Crippen molar-refractivity contribution in [1.82, 2.24) is 0 Å². The third-order valence-corrected chi connectivity index (χ3v) is 4.28. The lowest BCUT2D eigenvalue weighted by Gasteiger charge is -2.17. The van der Waals surface area contributed by atoms with Crippen LogP contribution >= 0.6 is 0 Å². The molecule has 24 heavy (non-hydrogen) atoms. The van der Waals surface area contributed by atoms with Crippen LogP contribution in [-0.4, -0.2) is 23.0 Å². The molecule has 124 valence electrons. The third kappa shape index (κ3) is 3.74. The normalized spacial score (nSPS) is 14.3. The molecule has 1 fully saturated rings. The van der Waals surface area contributed by atoms with Crippen molar-refractivity contribution in [2.24, 2.45) is 0 Å². The predicted molar refractivity (Wildman–Crippen MR) is 93.7 cm³/mol. The molecule has 0 radical (unpaired) electrons. The molecule has 0 bridgehead atoms. The number of rotatable bonds is 5. The third-order valence-electron chi connectivity index (χ3n) is 4.28. The highest BCUT2D eigenvalue weighted by molar-refractivity contribution is 6.06. The zero-order chi connectivity index (χ0) is 16.9. The Morgan fingerprint density at radius 3 is 2.08 bits per heavy atom. The Hall–Kier alpha value is -2.82. The highest BCUT2D eigenvalue weighted by atomic mass is 16.4. The van der Waals surface area contributed by atoms with Gasteiger partial charge in [-0.2, -0.15) is 0 Å². The molecular formula is C19H20N2O3. The minimum Gasteiger partial charge on any atom is -0.478 e. The van der Waals surface area contributed by atoms with E-state index in [2.05, 4.69) is 10.6 Å². The van der Waals surface area contributed by atoms with Crippen molar-refractivity contribution >= 4 is 23.3 Å². The number of aromatic carboxylic acids is 1. The summed E-state index contributed by atoms with van der Waals surface area (Å²) in [6.45, 7) is 0. The van der Waals surface area contributed by atoms with Crippen LogP contribution in [0.25, 0.3) is 0 Å². The van der Waals surface area contributed by atoms with Crippen molar-refractivity contribution in [2.75, 3.05) is 10.6 Å². The van der Waals surface area contributed by atoms with Gasteiger partial charge < -0.3 is 15.7 Å². The summed E-state index contributed by atoms with van der Waals surface area (Å²) in [4.78, 5) is 23.3. The average Bonchev–Trinajstić information content (AvgIpc) is 3.10. The van der Waals surface area contributed by atoms with Gasteiger partial charge in [0.15, 0.2) is 0 Å². The summed E-state index contributed by atoms with van der Waals surface area (Å²) in [6.07, 6.45) is 4.78. The molecule has 2 aromatic rings. The van der Waals surface area contributed by atoms with E-state index in [1.165, 1.54) is 37.1 Å². The van der Waals surface area contributed by atoms with Gasteiger partial charge in [-0.1, -0.05) is 25.0 Å². The van der Waals surface area contributed by atoms with Crippen LogP contribution in [0.15, 0.2) is 48.5 Å². The first-order chi connectivity index (χ1) is 11.6. The molecular weight excluding hydrogens is 304 g/mol. The molecule has 1 amide bonds. The molecule has 0 aliphatic heterocycles. The highest BCUT2D eigenvalue weighted by Crippen LogP contribution is 2.27. The van der Waals surface area contributed by atoms with Crippen molar-refractivity contribution in [3.05, 3.63) is 59.7 Å². The summed E-state index contributed by atoms with van der Waals surface area (Å²) < 4.78 is 0. The largest absolute Gasteiger partial charge is 0.478 e. The zero-order valence-electron chi connectivity index (χ0n) is 13.3. The Kier molecular flexibility index (Phi) is 4.79. The molecule has 5 heteroatoms. The van der Waals surface area contributed by atoms with E-state index in [-0.39, 0.29) is 11.5 Å². The van der Waals surface area contributed by atoms with E-state index >= 15 is 0 Å². The Morgan fingerprint density at radius 2 is 1.46 bits per heavy atom.